The second-order valence-corrected chi connectivity index (χ2v) is 4.63. The van der Waals surface area contributed by atoms with E-state index in [0.717, 1.165) is 37.5 Å². The first-order valence-electron chi connectivity index (χ1n) is 6.14. The molecule has 1 fully saturated rings. The number of hydrogen-bond acceptors (Lipinski definition) is 3. The molecule has 5 heteroatoms. The van der Waals surface area contributed by atoms with Gasteiger partial charge in [0.1, 0.15) is 5.82 Å². The highest BCUT2D eigenvalue weighted by molar-refractivity contribution is 14.0. The second-order valence-electron chi connectivity index (χ2n) is 4.63. The van der Waals surface area contributed by atoms with Gasteiger partial charge < -0.3 is 10.6 Å². The Morgan fingerprint density at radius 2 is 2.17 bits per heavy atom. The molecule has 3 rings (SSSR count). The molecular formula is C13H17FIN3. The fraction of sp³-hybridized carbons (Fsp3) is 0.462. The Hall–Kier alpha value is -0.850. The van der Waals surface area contributed by atoms with E-state index in [9.17, 15) is 4.39 Å². The number of rotatable bonds is 2. The van der Waals surface area contributed by atoms with Gasteiger partial charge in [-0.15, -0.1) is 24.0 Å². The highest BCUT2D eigenvalue weighted by Crippen LogP contribution is 2.41. The lowest BCUT2D eigenvalue weighted by Gasteiger charge is -2.16. The normalized spacial score (nSPS) is 25.5. The van der Waals surface area contributed by atoms with E-state index in [-0.39, 0.29) is 29.8 Å². The van der Waals surface area contributed by atoms with Gasteiger partial charge in [0.05, 0.1) is 0 Å². The van der Waals surface area contributed by atoms with Crippen LogP contribution in [0.4, 0.5) is 4.39 Å². The van der Waals surface area contributed by atoms with Gasteiger partial charge in [0.2, 0.25) is 0 Å². The van der Waals surface area contributed by atoms with Crippen LogP contribution in [-0.4, -0.2) is 25.1 Å². The first-order chi connectivity index (χ1) is 8.34. The number of halogens is 2. The van der Waals surface area contributed by atoms with Crippen molar-refractivity contribution >= 4 is 29.9 Å². The van der Waals surface area contributed by atoms with Gasteiger partial charge in [0.25, 0.3) is 0 Å². The lowest BCUT2D eigenvalue weighted by atomic mass is 10.1. The van der Waals surface area contributed by atoms with Gasteiger partial charge in [-0.1, -0.05) is 18.2 Å². The van der Waals surface area contributed by atoms with E-state index in [0.29, 0.717) is 12.0 Å². The van der Waals surface area contributed by atoms with E-state index < -0.39 is 0 Å². The van der Waals surface area contributed by atoms with Gasteiger partial charge in [-0.25, -0.2) is 4.39 Å². The van der Waals surface area contributed by atoms with Crippen LogP contribution in [0, 0.1) is 5.82 Å². The SMILES string of the molecule is Fc1ccccc1C1CC1NC1=NCCCN1.I. The van der Waals surface area contributed by atoms with Gasteiger partial charge in [0, 0.05) is 25.0 Å². The summed E-state index contributed by atoms with van der Waals surface area (Å²) in [5, 5.41) is 6.56. The van der Waals surface area contributed by atoms with Crippen LogP contribution >= 0.6 is 24.0 Å². The summed E-state index contributed by atoms with van der Waals surface area (Å²) < 4.78 is 13.6. The molecule has 0 bridgehead atoms. The molecule has 2 aliphatic rings. The zero-order chi connectivity index (χ0) is 11.7. The molecule has 1 aliphatic carbocycles. The summed E-state index contributed by atoms with van der Waals surface area (Å²) in [5.74, 6) is 1.07. The molecule has 1 aromatic carbocycles. The number of aliphatic imine (C=N–C) groups is 1. The minimum atomic E-state index is -0.0969. The van der Waals surface area contributed by atoms with Crippen LogP contribution in [0.3, 0.4) is 0 Å². The first kappa shape index (κ1) is 13.6. The van der Waals surface area contributed by atoms with Crippen molar-refractivity contribution in [1.29, 1.82) is 0 Å². The Balaban J connectivity index is 0.00000120. The molecule has 0 aromatic heterocycles. The van der Waals surface area contributed by atoms with Crippen molar-refractivity contribution in [3.8, 4) is 0 Å². The third kappa shape index (κ3) is 2.93. The maximum atomic E-state index is 13.6. The van der Waals surface area contributed by atoms with Gasteiger partial charge in [-0.2, -0.15) is 0 Å². The largest absolute Gasteiger partial charge is 0.356 e. The van der Waals surface area contributed by atoms with Crippen LogP contribution in [0.25, 0.3) is 0 Å². The van der Waals surface area contributed by atoms with E-state index in [4.69, 9.17) is 0 Å². The van der Waals surface area contributed by atoms with Crippen LogP contribution in [-0.2, 0) is 0 Å². The van der Waals surface area contributed by atoms with E-state index in [2.05, 4.69) is 15.6 Å². The Morgan fingerprint density at radius 1 is 1.33 bits per heavy atom. The predicted octanol–water partition coefficient (Wildman–Crippen LogP) is 2.24. The summed E-state index contributed by atoms with van der Waals surface area (Å²) in [6.45, 7) is 1.86. The lowest BCUT2D eigenvalue weighted by Crippen LogP contribution is -2.42. The molecule has 1 aliphatic heterocycles. The molecule has 2 atom stereocenters. The standard InChI is InChI=1S/C13H16FN3.HI/c14-11-5-2-1-4-9(11)10-8-12(10)17-13-15-6-3-7-16-13;/h1-2,4-5,10,12H,3,6-8H2,(H2,15,16,17);1H. The Labute approximate surface area is 123 Å². The number of nitrogens with zero attached hydrogens (tertiary/aromatic N) is 1. The fourth-order valence-corrected chi connectivity index (χ4v) is 2.28. The minimum Gasteiger partial charge on any atom is -0.356 e. The van der Waals surface area contributed by atoms with Crippen molar-refractivity contribution in [3.05, 3.63) is 35.6 Å². The summed E-state index contributed by atoms with van der Waals surface area (Å²) >= 11 is 0. The molecule has 2 N–H and O–H groups in total. The molecule has 0 radical (unpaired) electrons. The number of benzene rings is 1. The molecule has 3 nitrogen and oxygen atoms in total. The van der Waals surface area contributed by atoms with E-state index >= 15 is 0 Å². The van der Waals surface area contributed by atoms with Crippen molar-refractivity contribution in [2.75, 3.05) is 13.1 Å². The molecule has 0 saturated heterocycles. The molecule has 0 amide bonds. The van der Waals surface area contributed by atoms with Crippen molar-refractivity contribution < 1.29 is 4.39 Å². The van der Waals surface area contributed by atoms with Crippen molar-refractivity contribution in [2.45, 2.75) is 24.8 Å². The molecular weight excluding hydrogens is 344 g/mol. The van der Waals surface area contributed by atoms with Crippen molar-refractivity contribution in [3.63, 3.8) is 0 Å². The molecule has 1 saturated carbocycles. The molecule has 1 heterocycles. The topological polar surface area (TPSA) is 36.4 Å². The van der Waals surface area contributed by atoms with Gasteiger partial charge in [0.15, 0.2) is 5.96 Å². The first-order valence-corrected chi connectivity index (χ1v) is 6.14. The van der Waals surface area contributed by atoms with Crippen LogP contribution < -0.4 is 10.6 Å². The molecule has 18 heavy (non-hydrogen) atoms. The maximum absolute atomic E-state index is 13.6. The average Bonchev–Trinajstić information content (AvgIpc) is 3.10. The number of nitrogens with one attached hydrogen (secondary N) is 2. The minimum absolute atomic E-state index is 0. The third-order valence-electron chi connectivity index (χ3n) is 3.31. The highest BCUT2D eigenvalue weighted by Gasteiger charge is 2.40. The average molecular weight is 361 g/mol. The van der Waals surface area contributed by atoms with Gasteiger partial charge in [-0.3, -0.25) is 4.99 Å². The predicted molar refractivity (Wildman–Crippen MR) is 81.0 cm³/mol. The monoisotopic (exact) mass is 361 g/mol. The smallest absolute Gasteiger partial charge is 0.191 e. The van der Waals surface area contributed by atoms with E-state index in [1.165, 1.54) is 6.07 Å². The van der Waals surface area contributed by atoms with Crippen LogP contribution in [0.1, 0.15) is 24.3 Å². The Kier molecular flexibility index (Phi) is 4.42. The van der Waals surface area contributed by atoms with Gasteiger partial charge in [-0.05, 0) is 24.5 Å². The van der Waals surface area contributed by atoms with Crippen LogP contribution in [0.15, 0.2) is 29.3 Å². The number of hydrogen-bond donors (Lipinski definition) is 2. The van der Waals surface area contributed by atoms with Gasteiger partial charge >= 0.3 is 0 Å². The van der Waals surface area contributed by atoms with E-state index in [1.807, 2.05) is 12.1 Å². The Morgan fingerprint density at radius 3 is 2.89 bits per heavy atom. The third-order valence-corrected chi connectivity index (χ3v) is 3.31. The molecule has 0 spiro atoms. The summed E-state index contributed by atoms with van der Waals surface area (Å²) in [6, 6.07) is 7.36. The maximum Gasteiger partial charge on any atom is 0.191 e. The zero-order valence-electron chi connectivity index (χ0n) is 10.0. The summed E-state index contributed by atoms with van der Waals surface area (Å²) in [5.41, 5.74) is 0.821. The number of guanidine groups is 1. The van der Waals surface area contributed by atoms with E-state index in [1.54, 1.807) is 6.07 Å². The fourth-order valence-electron chi connectivity index (χ4n) is 2.28. The van der Waals surface area contributed by atoms with Crippen molar-refractivity contribution in [2.24, 2.45) is 4.99 Å². The summed E-state index contributed by atoms with van der Waals surface area (Å²) in [4.78, 5) is 4.36. The zero-order valence-corrected chi connectivity index (χ0v) is 12.4. The highest BCUT2D eigenvalue weighted by atomic mass is 127. The molecule has 2 unspecified atom stereocenters. The molecule has 1 aromatic rings. The van der Waals surface area contributed by atoms with Crippen LogP contribution in [0.2, 0.25) is 0 Å². The second kappa shape index (κ2) is 5.86. The Bertz CT molecular complexity index is 450. The molecule has 98 valence electrons. The lowest BCUT2D eigenvalue weighted by molar-refractivity contribution is 0.607. The quantitative estimate of drug-likeness (QED) is 0.793. The summed E-state index contributed by atoms with van der Waals surface area (Å²) in [6.07, 6.45) is 2.08. The van der Waals surface area contributed by atoms with Crippen LogP contribution in [0.5, 0.6) is 0 Å². The van der Waals surface area contributed by atoms with Crippen molar-refractivity contribution in [1.82, 2.24) is 10.6 Å². The summed E-state index contributed by atoms with van der Waals surface area (Å²) in [7, 11) is 0.